The van der Waals surface area contributed by atoms with Gasteiger partial charge in [-0.05, 0) is 69.0 Å². The number of imide groups is 1. The van der Waals surface area contributed by atoms with Gasteiger partial charge in [-0.1, -0.05) is 0 Å². The molecule has 3 saturated heterocycles. The van der Waals surface area contributed by atoms with E-state index in [2.05, 4.69) is 15.1 Å². The normalized spacial score (nSPS) is 24.6. The van der Waals surface area contributed by atoms with Gasteiger partial charge in [-0.3, -0.25) is 24.5 Å². The maximum absolute atomic E-state index is 12.9. The van der Waals surface area contributed by atoms with Crippen LogP contribution in [0.5, 0.6) is 5.75 Å². The van der Waals surface area contributed by atoms with Crippen molar-refractivity contribution in [3.05, 3.63) is 29.3 Å². The Kier molecular flexibility index (Phi) is 7.25. The van der Waals surface area contributed by atoms with Gasteiger partial charge < -0.3 is 24.5 Å². The molecule has 1 aromatic carbocycles. The summed E-state index contributed by atoms with van der Waals surface area (Å²) in [5.74, 6) is -0.851. The van der Waals surface area contributed by atoms with E-state index in [9.17, 15) is 19.2 Å². The van der Waals surface area contributed by atoms with Crippen molar-refractivity contribution < 1.29 is 29.0 Å². The molecular formula is C26H34N4O6. The smallest absolute Gasteiger partial charge is 0.304 e. The summed E-state index contributed by atoms with van der Waals surface area (Å²) >= 11 is 0. The number of hydrogen-bond acceptors (Lipinski definition) is 7. The van der Waals surface area contributed by atoms with Crippen LogP contribution in [0.3, 0.4) is 0 Å². The van der Waals surface area contributed by atoms with E-state index in [1.165, 1.54) is 0 Å². The largest absolute Gasteiger partial charge is 0.490 e. The van der Waals surface area contributed by atoms with Crippen molar-refractivity contribution in [3.63, 3.8) is 0 Å². The van der Waals surface area contributed by atoms with Crippen molar-refractivity contribution in [1.29, 1.82) is 0 Å². The van der Waals surface area contributed by atoms with Crippen LogP contribution in [0.2, 0.25) is 0 Å². The highest BCUT2D eigenvalue weighted by molar-refractivity contribution is 6.05. The van der Waals surface area contributed by atoms with E-state index >= 15 is 0 Å². The number of fused-ring (bicyclic) bond motifs is 1. The summed E-state index contributed by atoms with van der Waals surface area (Å²) in [6.45, 7) is 4.86. The monoisotopic (exact) mass is 498 g/mol. The fourth-order valence-electron chi connectivity index (χ4n) is 5.94. The third-order valence-electron chi connectivity index (χ3n) is 7.99. The zero-order chi connectivity index (χ0) is 25.2. The van der Waals surface area contributed by atoms with Crippen molar-refractivity contribution in [2.45, 2.75) is 69.7 Å². The van der Waals surface area contributed by atoms with Gasteiger partial charge in [0.25, 0.3) is 5.91 Å². The molecule has 0 aliphatic carbocycles. The molecule has 3 amide bonds. The molecule has 4 heterocycles. The summed E-state index contributed by atoms with van der Waals surface area (Å²) in [7, 11) is 0. The second-order valence-corrected chi connectivity index (χ2v) is 10.3. The van der Waals surface area contributed by atoms with E-state index < -0.39 is 17.9 Å². The molecule has 0 radical (unpaired) electrons. The number of benzene rings is 1. The quantitative estimate of drug-likeness (QED) is 0.539. The van der Waals surface area contributed by atoms with Crippen LogP contribution >= 0.6 is 0 Å². The maximum atomic E-state index is 12.9. The van der Waals surface area contributed by atoms with E-state index in [0.717, 1.165) is 63.2 Å². The Morgan fingerprint density at radius 2 is 1.78 bits per heavy atom. The number of carbonyl (C=O) groups is 4. The molecule has 1 aromatic rings. The summed E-state index contributed by atoms with van der Waals surface area (Å²) in [5, 5.41) is 11.2. The first-order valence-corrected chi connectivity index (χ1v) is 13.0. The van der Waals surface area contributed by atoms with Gasteiger partial charge in [-0.15, -0.1) is 0 Å². The summed E-state index contributed by atoms with van der Waals surface area (Å²) in [5.41, 5.74) is 1.45. The molecule has 0 aromatic heterocycles. The molecule has 10 nitrogen and oxygen atoms in total. The van der Waals surface area contributed by atoms with Gasteiger partial charge in [-0.2, -0.15) is 0 Å². The van der Waals surface area contributed by atoms with Gasteiger partial charge in [0.1, 0.15) is 17.9 Å². The molecule has 0 saturated carbocycles. The number of likely N-dealkylation sites (tertiary alicyclic amines) is 2. The molecule has 0 spiro atoms. The zero-order valence-corrected chi connectivity index (χ0v) is 20.5. The van der Waals surface area contributed by atoms with Crippen LogP contribution in [-0.4, -0.2) is 94.4 Å². The number of nitrogens with zero attached hydrogens (tertiary/aromatic N) is 3. The Morgan fingerprint density at radius 3 is 2.47 bits per heavy atom. The number of nitrogens with one attached hydrogen (secondary N) is 1. The molecule has 5 rings (SSSR count). The number of carboxylic acids is 1. The highest BCUT2D eigenvalue weighted by Crippen LogP contribution is 2.31. The highest BCUT2D eigenvalue weighted by Gasteiger charge is 2.39. The van der Waals surface area contributed by atoms with E-state index in [0.29, 0.717) is 31.1 Å². The molecule has 0 bridgehead atoms. The first-order valence-electron chi connectivity index (χ1n) is 13.0. The van der Waals surface area contributed by atoms with Crippen LogP contribution in [-0.2, 0) is 20.9 Å². The lowest BCUT2D eigenvalue weighted by molar-refractivity contribution is -0.138. The highest BCUT2D eigenvalue weighted by atomic mass is 16.5. The Hall–Kier alpha value is -2.98. The van der Waals surface area contributed by atoms with Gasteiger partial charge in [0.15, 0.2) is 0 Å². The van der Waals surface area contributed by atoms with E-state index in [1.807, 2.05) is 12.1 Å². The second kappa shape index (κ2) is 10.6. The zero-order valence-electron chi connectivity index (χ0n) is 20.5. The predicted molar refractivity (Wildman–Crippen MR) is 129 cm³/mol. The number of piperidine rings is 3. The van der Waals surface area contributed by atoms with Gasteiger partial charge in [-0.25, -0.2) is 0 Å². The van der Waals surface area contributed by atoms with E-state index in [4.69, 9.17) is 9.84 Å². The summed E-state index contributed by atoms with van der Waals surface area (Å²) in [6.07, 6.45) is 4.97. The standard InChI is InChI=1S/C26H34N4O6/c31-23-4-3-22(25(34)27-23)30-16-17-15-20(1-2-21(17)26(30)35)36-19-7-13-29(14-8-19)18-5-10-28(11-6-18)12-9-24(32)33/h1-2,15,18-19,22H,3-14,16H2,(H,32,33)(H,27,31,34). The predicted octanol–water partition coefficient (Wildman–Crippen LogP) is 1.23. The molecule has 36 heavy (non-hydrogen) atoms. The number of amides is 3. The first kappa shape index (κ1) is 24.7. The van der Waals surface area contributed by atoms with Gasteiger partial charge in [0.2, 0.25) is 11.8 Å². The van der Waals surface area contributed by atoms with E-state index in [1.54, 1.807) is 11.0 Å². The molecule has 3 fully saturated rings. The lowest BCUT2D eigenvalue weighted by Crippen LogP contribution is -2.52. The number of carbonyl (C=O) groups excluding carboxylic acids is 3. The molecule has 2 N–H and O–H groups in total. The van der Waals surface area contributed by atoms with Crippen LogP contribution in [0, 0.1) is 0 Å². The lowest BCUT2D eigenvalue weighted by atomic mass is 9.98. The summed E-state index contributed by atoms with van der Waals surface area (Å²) in [4.78, 5) is 53.7. The van der Waals surface area contributed by atoms with Crippen LogP contribution < -0.4 is 10.1 Å². The summed E-state index contributed by atoms with van der Waals surface area (Å²) < 4.78 is 6.29. The lowest BCUT2D eigenvalue weighted by Gasteiger charge is -2.41. The van der Waals surface area contributed by atoms with E-state index in [-0.39, 0.29) is 30.8 Å². The van der Waals surface area contributed by atoms with Gasteiger partial charge in [0.05, 0.1) is 6.42 Å². The second-order valence-electron chi connectivity index (χ2n) is 10.3. The van der Waals surface area contributed by atoms with Gasteiger partial charge >= 0.3 is 5.97 Å². The van der Waals surface area contributed by atoms with Crippen LogP contribution in [0.15, 0.2) is 18.2 Å². The number of aliphatic carboxylic acids is 1. The molecule has 1 unspecified atom stereocenters. The van der Waals surface area contributed by atoms with Crippen molar-refractivity contribution in [3.8, 4) is 5.75 Å². The first-order chi connectivity index (χ1) is 17.4. The average Bonchev–Trinajstić information content (AvgIpc) is 3.19. The molecule has 194 valence electrons. The van der Waals surface area contributed by atoms with Crippen molar-refractivity contribution in [2.75, 3.05) is 32.7 Å². The van der Waals surface area contributed by atoms with Gasteiger partial charge in [0, 0.05) is 44.2 Å². The number of rotatable bonds is 7. The minimum atomic E-state index is -0.735. The molecule has 4 aliphatic rings. The van der Waals surface area contributed by atoms with Crippen LogP contribution in [0.25, 0.3) is 0 Å². The molecule has 1 atom stereocenters. The fourth-order valence-corrected chi connectivity index (χ4v) is 5.94. The minimum Gasteiger partial charge on any atom is -0.490 e. The molecule has 4 aliphatic heterocycles. The third kappa shape index (κ3) is 5.39. The Morgan fingerprint density at radius 1 is 1.03 bits per heavy atom. The number of hydrogen-bond donors (Lipinski definition) is 2. The Bertz CT molecular complexity index is 1030. The van der Waals surface area contributed by atoms with Crippen LogP contribution in [0.1, 0.15) is 60.9 Å². The average molecular weight is 499 g/mol. The minimum absolute atomic E-state index is 0.123. The topological polar surface area (TPSA) is 119 Å². The molecule has 10 heteroatoms. The summed E-state index contributed by atoms with van der Waals surface area (Å²) in [6, 6.07) is 5.48. The maximum Gasteiger partial charge on any atom is 0.304 e. The fraction of sp³-hybridized carbons (Fsp3) is 0.615. The Balaban J connectivity index is 1.10. The Labute approximate surface area is 210 Å². The van der Waals surface area contributed by atoms with Crippen molar-refractivity contribution in [1.82, 2.24) is 20.0 Å². The number of carboxylic acid groups (broad SMARTS) is 1. The SMILES string of the molecule is O=C(O)CCN1CCC(N2CCC(Oc3ccc4c(c3)CN(C3CCC(=O)NC3=O)C4=O)CC2)CC1. The van der Waals surface area contributed by atoms with Crippen molar-refractivity contribution >= 4 is 23.7 Å². The third-order valence-corrected chi connectivity index (χ3v) is 7.99. The molecular weight excluding hydrogens is 464 g/mol. The number of ether oxygens (including phenoxy) is 1. The van der Waals surface area contributed by atoms with Crippen molar-refractivity contribution in [2.24, 2.45) is 0 Å². The van der Waals surface area contributed by atoms with Crippen LogP contribution in [0.4, 0.5) is 0 Å².